The molecule has 9 heteroatoms. The van der Waals surface area contributed by atoms with Crippen LogP contribution < -0.4 is 9.62 Å². The highest BCUT2D eigenvalue weighted by molar-refractivity contribution is 7.99. The molecule has 1 saturated carbocycles. The van der Waals surface area contributed by atoms with Crippen LogP contribution in [0, 0.1) is 36.1 Å². The number of anilines is 2. The van der Waals surface area contributed by atoms with Crippen molar-refractivity contribution in [2.75, 3.05) is 16.2 Å². The second-order valence-corrected chi connectivity index (χ2v) is 9.31. The van der Waals surface area contributed by atoms with E-state index in [1.54, 1.807) is 11.0 Å². The van der Waals surface area contributed by atoms with Gasteiger partial charge in [0, 0.05) is 40.6 Å². The number of hydrogen-bond acceptors (Lipinski definition) is 4. The van der Waals surface area contributed by atoms with Gasteiger partial charge in [0.05, 0.1) is 5.69 Å². The molecule has 1 N–H and O–H groups in total. The third-order valence-electron chi connectivity index (χ3n) is 6.33. The van der Waals surface area contributed by atoms with E-state index >= 15 is 0 Å². The summed E-state index contributed by atoms with van der Waals surface area (Å²) in [5.41, 5.74) is 1.01. The Hall–Kier alpha value is -2.42. The average Bonchev–Trinajstić information content (AvgIpc) is 3.35. The number of rotatable bonds is 7. The summed E-state index contributed by atoms with van der Waals surface area (Å²) < 4.78 is 64.8. The van der Waals surface area contributed by atoms with Gasteiger partial charge in [0.15, 0.2) is 23.3 Å². The first-order valence-electron chi connectivity index (χ1n) is 11.1. The van der Waals surface area contributed by atoms with Crippen molar-refractivity contribution in [3.63, 3.8) is 0 Å². The molecule has 4 rings (SSSR count). The third-order valence-corrected chi connectivity index (χ3v) is 7.14. The number of fused-ring (bicyclic) bond motifs is 1. The molecule has 0 radical (unpaired) electrons. The normalized spacial score (nSPS) is 18.4. The smallest absolute Gasteiger partial charge is 0.414 e. The number of carbonyl (C=O) groups is 1. The Morgan fingerprint density at radius 1 is 1.09 bits per heavy atom. The Morgan fingerprint density at radius 3 is 2.39 bits per heavy atom. The van der Waals surface area contributed by atoms with Crippen molar-refractivity contribution in [2.45, 2.75) is 57.8 Å². The first-order valence-corrected chi connectivity index (χ1v) is 12.1. The zero-order chi connectivity index (χ0) is 23.7. The van der Waals surface area contributed by atoms with E-state index in [9.17, 15) is 22.4 Å². The van der Waals surface area contributed by atoms with Crippen LogP contribution in [0.15, 0.2) is 18.2 Å². The second-order valence-electron chi connectivity index (χ2n) is 8.52. The van der Waals surface area contributed by atoms with Crippen LogP contribution in [-0.2, 0) is 10.5 Å². The summed E-state index contributed by atoms with van der Waals surface area (Å²) in [5, 5.41) is 0. The van der Waals surface area contributed by atoms with E-state index in [0.717, 1.165) is 62.2 Å². The van der Waals surface area contributed by atoms with Crippen molar-refractivity contribution in [3.05, 3.63) is 58.2 Å². The van der Waals surface area contributed by atoms with E-state index in [1.807, 2.05) is 19.1 Å². The minimum atomic E-state index is -1.38. The van der Waals surface area contributed by atoms with Crippen LogP contribution >= 0.6 is 11.9 Å². The van der Waals surface area contributed by atoms with Gasteiger partial charge in [-0.1, -0.05) is 19.8 Å². The monoisotopic (exact) mass is 482 g/mol. The standard InChI is InChI=1S/C24H26F4N2O2S/c1-3-10-30-18-9-8-15(11-16(18)23(32-24(30)31)14-6-4-5-7-14)29-33-12-17-21(27)19(25)13(2)20(26)22(17)28/h8-9,11,14,23,29H,3-7,10,12H2,1-2H3. The number of halogens is 4. The molecular formula is C24H26F4N2O2S. The topological polar surface area (TPSA) is 41.6 Å². The molecule has 2 aromatic rings. The lowest BCUT2D eigenvalue weighted by atomic mass is 9.91. The molecule has 0 bridgehead atoms. The van der Waals surface area contributed by atoms with Gasteiger partial charge < -0.3 is 9.46 Å². The number of benzene rings is 2. The van der Waals surface area contributed by atoms with E-state index < -0.39 is 34.4 Å². The highest BCUT2D eigenvalue weighted by atomic mass is 32.2. The van der Waals surface area contributed by atoms with Gasteiger partial charge >= 0.3 is 6.09 Å². The summed E-state index contributed by atoms with van der Waals surface area (Å²) >= 11 is 0.922. The molecule has 2 aliphatic rings. The van der Waals surface area contributed by atoms with Gasteiger partial charge in [-0.3, -0.25) is 4.90 Å². The van der Waals surface area contributed by atoms with E-state index in [-0.39, 0.29) is 23.9 Å². The highest BCUT2D eigenvalue weighted by Gasteiger charge is 2.38. The van der Waals surface area contributed by atoms with Crippen LogP contribution in [-0.4, -0.2) is 12.6 Å². The van der Waals surface area contributed by atoms with Crippen molar-refractivity contribution in [1.29, 1.82) is 0 Å². The van der Waals surface area contributed by atoms with E-state index in [4.69, 9.17) is 4.74 Å². The molecule has 33 heavy (non-hydrogen) atoms. The number of amides is 1. The minimum absolute atomic E-state index is 0.251. The lowest BCUT2D eigenvalue weighted by Crippen LogP contribution is -2.39. The first kappa shape index (κ1) is 23.7. The number of nitrogens with zero attached hydrogens (tertiary/aromatic N) is 1. The molecule has 1 aliphatic carbocycles. The van der Waals surface area contributed by atoms with E-state index in [1.165, 1.54) is 0 Å². The SMILES string of the molecule is CCCN1C(=O)OC(C2CCCC2)c2cc(NSCc3c(F)c(F)c(C)c(F)c3F)ccc21. The number of carbonyl (C=O) groups excluding carboxylic acids is 1. The van der Waals surface area contributed by atoms with Crippen LogP contribution in [0.5, 0.6) is 0 Å². The molecule has 1 heterocycles. The maximum Gasteiger partial charge on any atom is 0.414 e. The molecule has 1 atom stereocenters. The van der Waals surface area contributed by atoms with Gasteiger partial charge in [0.1, 0.15) is 6.10 Å². The van der Waals surface area contributed by atoms with Crippen molar-refractivity contribution < 1.29 is 27.1 Å². The Bertz CT molecular complexity index is 1030. The molecule has 1 amide bonds. The Balaban J connectivity index is 1.56. The Morgan fingerprint density at radius 2 is 1.76 bits per heavy atom. The molecule has 1 unspecified atom stereocenters. The van der Waals surface area contributed by atoms with Crippen molar-refractivity contribution in [3.8, 4) is 0 Å². The molecule has 2 aromatic carbocycles. The largest absolute Gasteiger partial charge is 0.441 e. The van der Waals surface area contributed by atoms with Gasteiger partial charge in [-0.05, 0) is 56.3 Å². The lowest BCUT2D eigenvalue weighted by molar-refractivity contribution is 0.0616. The van der Waals surface area contributed by atoms with Crippen LogP contribution in [0.3, 0.4) is 0 Å². The molecular weight excluding hydrogens is 456 g/mol. The predicted octanol–water partition coefficient (Wildman–Crippen LogP) is 7.41. The van der Waals surface area contributed by atoms with Gasteiger partial charge in [-0.25, -0.2) is 22.4 Å². The van der Waals surface area contributed by atoms with Crippen LogP contribution in [0.4, 0.5) is 33.7 Å². The highest BCUT2D eigenvalue weighted by Crippen LogP contribution is 2.45. The fourth-order valence-electron chi connectivity index (χ4n) is 4.58. The quantitative estimate of drug-likeness (QED) is 0.253. The van der Waals surface area contributed by atoms with Crippen molar-refractivity contribution >= 4 is 29.4 Å². The molecule has 4 nitrogen and oxygen atoms in total. The van der Waals surface area contributed by atoms with Crippen molar-refractivity contribution in [1.82, 2.24) is 0 Å². The summed E-state index contributed by atoms with van der Waals surface area (Å²) in [4.78, 5) is 14.2. The molecule has 1 aliphatic heterocycles. The fourth-order valence-corrected chi connectivity index (χ4v) is 5.34. The molecule has 178 valence electrons. The summed E-state index contributed by atoms with van der Waals surface area (Å²) in [6.45, 7) is 3.51. The molecule has 1 fully saturated rings. The Labute approximate surface area is 194 Å². The van der Waals surface area contributed by atoms with Crippen LogP contribution in [0.2, 0.25) is 0 Å². The number of hydrogen-bond donors (Lipinski definition) is 1. The van der Waals surface area contributed by atoms with Crippen molar-refractivity contribution in [2.24, 2.45) is 5.92 Å². The maximum atomic E-state index is 14.2. The van der Waals surface area contributed by atoms with Gasteiger partial charge in [-0.15, -0.1) is 0 Å². The van der Waals surface area contributed by atoms with E-state index in [2.05, 4.69) is 4.72 Å². The molecule has 0 aromatic heterocycles. The zero-order valence-electron chi connectivity index (χ0n) is 18.5. The number of cyclic esters (lactones) is 1. The summed E-state index contributed by atoms with van der Waals surface area (Å²) in [5.74, 6) is -5.58. The van der Waals surface area contributed by atoms with Gasteiger partial charge in [0.2, 0.25) is 0 Å². The number of nitrogens with one attached hydrogen (secondary N) is 1. The molecule has 0 spiro atoms. The van der Waals surface area contributed by atoms with Gasteiger partial charge in [-0.2, -0.15) is 0 Å². The van der Waals surface area contributed by atoms with E-state index in [0.29, 0.717) is 12.2 Å². The minimum Gasteiger partial charge on any atom is -0.441 e. The predicted molar refractivity (Wildman–Crippen MR) is 121 cm³/mol. The molecule has 0 saturated heterocycles. The Kier molecular flexibility index (Phi) is 7.07. The van der Waals surface area contributed by atoms with Crippen LogP contribution in [0.25, 0.3) is 0 Å². The summed E-state index contributed by atoms with van der Waals surface area (Å²) in [6.07, 6.45) is 4.26. The summed E-state index contributed by atoms with van der Waals surface area (Å²) in [7, 11) is 0. The summed E-state index contributed by atoms with van der Waals surface area (Å²) in [6, 6.07) is 5.48. The lowest BCUT2D eigenvalue weighted by Gasteiger charge is -2.36. The number of ether oxygens (including phenoxy) is 1. The maximum absolute atomic E-state index is 14.2. The zero-order valence-corrected chi connectivity index (χ0v) is 19.3. The first-order chi connectivity index (χ1) is 15.8. The average molecular weight is 483 g/mol. The third kappa shape index (κ3) is 4.52. The second kappa shape index (κ2) is 9.83. The van der Waals surface area contributed by atoms with Gasteiger partial charge in [0.25, 0.3) is 0 Å². The fraction of sp³-hybridized carbons (Fsp3) is 0.458. The van der Waals surface area contributed by atoms with Crippen LogP contribution in [0.1, 0.15) is 61.8 Å².